The zero-order valence-corrected chi connectivity index (χ0v) is 9.40. The van der Waals surface area contributed by atoms with Gasteiger partial charge in [0.2, 0.25) is 0 Å². The van der Waals surface area contributed by atoms with Crippen LogP contribution in [-0.4, -0.2) is 35.1 Å². The Hall–Kier alpha value is -1.20. The smallest absolute Gasteiger partial charge is 0.184 e. The summed E-state index contributed by atoms with van der Waals surface area (Å²) >= 11 is 0. The molecule has 1 saturated heterocycles. The van der Waals surface area contributed by atoms with Gasteiger partial charge < -0.3 is 19.7 Å². The molecule has 0 bridgehead atoms. The Morgan fingerprint density at radius 3 is 2.71 bits per heavy atom. The molecule has 1 aliphatic heterocycles. The first-order valence-corrected chi connectivity index (χ1v) is 5.53. The number of ether oxygens (including phenoxy) is 2. The number of hydrogen-bond acceptors (Lipinski definition) is 4. The van der Waals surface area contributed by atoms with Crippen LogP contribution in [0.2, 0.25) is 0 Å². The monoisotopic (exact) mass is 236 g/mol. The van der Waals surface area contributed by atoms with Crippen LogP contribution < -0.4 is 0 Å². The van der Waals surface area contributed by atoms with Crippen LogP contribution in [0.3, 0.4) is 0 Å². The second kappa shape index (κ2) is 5.42. The van der Waals surface area contributed by atoms with E-state index in [4.69, 9.17) is 9.47 Å². The second-order valence-corrected chi connectivity index (χ2v) is 3.97. The Morgan fingerprint density at radius 1 is 1.35 bits per heavy atom. The van der Waals surface area contributed by atoms with Gasteiger partial charge in [0.25, 0.3) is 0 Å². The molecule has 0 saturated carbocycles. The average molecular weight is 236 g/mol. The summed E-state index contributed by atoms with van der Waals surface area (Å²) in [5.74, 6) is 0. The van der Waals surface area contributed by atoms with Crippen LogP contribution in [-0.2, 0) is 9.47 Å². The molecule has 0 spiro atoms. The maximum atomic E-state index is 9.68. The summed E-state index contributed by atoms with van der Waals surface area (Å²) < 4.78 is 10.9. The van der Waals surface area contributed by atoms with Crippen molar-refractivity contribution in [2.24, 2.45) is 0 Å². The molecule has 0 aliphatic carbocycles. The molecular weight excluding hydrogens is 220 g/mol. The van der Waals surface area contributed by atoms with Gasteiger partial charge in [0.15, 0.2) is 6.29 Å². The van der Waals surface area contributed by atoms with Gasteiger partial charge in [-0.05, 0) is 0 Å². The van der Waals surface area contributed by atoms with Crippen molar-refractivity contribution in [3.8, 4) is 0 Å². The highest BCUT2D eigenvalue weighted by atomic mass is 16.7. The Balaban J connectivity index is 2.10. The van der Waals surface area contributed by atoms with Gasteiger partial charge >= 0.3 is 0 Å². The fourth-order valence-electron chi connectivity index (χ4n) is 1.78. The van der Waals surface area contributed by atoms with E-state index in [0.29, 0.717) is 0 Å². The van der Waals surface area contributed by atoms with E-state index in [1.54, 1.807) is 0 Å². The first-order valence-electron chi connectivity index (χ1n) is 5.53. The summed E-state index contributed by atoms with van der Waals surface area (Å²) in [6.07, 6.45) is -1.66. The number of aliphatic hydroxyl groups is 2. The lowest BCUT2D eigenvalue weighted by atomic mass is 10.1. The van der Waals surface area contributed by atoms with E-state index >= 15 is 0 Å². The van der Waals surface area contributed by atoms with E-state index in [9.17, 15) is 10.2 Å². The zero-order chi connectivity index (χ0) is 12.3. The van der Waals surface area contributed by atoms with E-state index in [1.807, 2.05) is 30.3 Å². The van der Waals surface area contributed by atoms with Crippen LogP contribution in [0.15, 0.2) is 43.0 Å². The van der Waals surface area contributed by atoms with E-state index in [-0.39, 0.29) is 6.61 Å². The molecule has 4 heteroatoms. The Kier molecular flexibility index (Phi) is 3.91. The first-order chi connectivity index (χ1) is 8.22. The third-order valence-electron chi connectivity index (χ3n) is 2.73. The van der Waals surface area contributed by atoms with Crippen molar-refractivity contribution in [3.63, 3.8) is 0 Å². The molecule has 2 N–H and O–H groups in total. The van der Waals surface area contributed by atoms with Crippen molar-refractivity contribution < 1.29 is 19.7 Å². The van der Waals surface area contributed by atoms with Gasteiger partial charge in [-0.25, -0.2) is 0 Å². The molecule has 2 rings (SSSR count). The van der Waals surface area contributed by atoms with Crippen molar-refractivity contribution in [2.45, 2.75) is 24.6 Å². The first kappa shape index (κ1) is 12.3. The molecule has 1 fully saturated rings. The number of rotatable bonds is 3. The summed E-state index contributed by atoms with van der Waals surface area (Å²) in [4.78, 5) is 0. The lowest BCUT2D eigenvalue weighted by Gasteiger charge is -2.35. The van der Waals surface area contributed by atoms with Gasteiger partial charge in [0.05, 0.1) is 6.61 Å². The van der Waals surface area contributed by atoms with Crippen molar-refractivity contribution in [3.05, 3.63) is 48.6 Å². The summed E-state index contributed by atoms with van der Waals surface area (Å²) in [6, 6.07) is 9.41. The minimum absolute atomic E-state index is 0.134. The van der Waals surface area contributed by atoms with Gasteiger partial charge in [-0.1, -0.05) is 36.4 Å². The minimum atomic E-state index is -0.903. The topological polar surface area (TPSA) is 58.9 Å². The van der Waals surface area contributed by atoms with Gasteiger partial charge in [-0.15, -0.1) is 6.58 Å². The van der Waals surface area contributed by atoms with Crippen molar-refractivity contribution in [2.75, 3.05) is 6.61 Å². The van der Waals surface area contributed by atoms with E-state index < -0.39 is 24.6 Å². The molecular formula is C13H16O4. The van der Waals surface area contributed by atoms with E-state index in [1.165, 1.54) is 6.08 Å². The Labute approximate surface area is 100 Å². The fourth-order valence-corrected chi connectivity index (χ4v) is 1.78. The van der Waals surface area contributed by atoms with Crippen LogP contribution in [0, 0.1) is 0 Å². The molecule has 92 valence electrons. The molecule has 17 heavy (non-hydrogen) atoms. The molecule has 0 aromatic heterocycles. The molecule has 1 aromatic carbocycles. The van der Waals surface area contributed by atoms with Crippen LogP contribution in [0.4, 0.5) is 0 Å². The second-order valence-electron chi connectivity index (χ2n) is 3.97. The summed E-state index contributed by atoms with van der Waals surface area (Å²) in [5.41, 5.74) is 0.862. The van der Waals surface area contributed by atoms with Crippen molar-refractivity contribution >= 4 is 0 Å². The summed E-state index contributed by atoms with van der Waals surface area (Å²) in [5, 5.41) is 19.3. The quantitative estimate of drug-likeness (QED) is 0.769. The van der Waals surface area contributed by atoms with Crippen molar-refractivity contribution in [1.29, 1.82) is 0 Å². The largest absolute Gasteiger partial charge is 0.388 e. The van der Waals surface area contributed by atoms with Gasteiger partial charge in [0, 0.05) is 5.56 Å². The third-order valence-corrected chi connectivity index (χ3v) is 2.73. The summed E-state index contributed by atoms with van der Waals surface area (Å²) in [7, 11) is 0. The molecule has 0 amide bonds. The Bertz CT molecular complexity index is 365. The zero-order valence-electron chi connectivity index (χ0n) is 9.40. The molecule has 4 atom stereocenters. The van der Waals surface area contributed by atoms with Crippen LogP contribution in [0.5, 0.6) is 0 Å². The Morgan fingerprint density at radius 2 is 2.06 bits per heavy atom. The number of benzene rings is 1. The highest BCUT2D eigenvalue weighted by Gasteiger charge is 2.34. The highest BCUT2D eigenvalue weighted by Crippen LogP contribution is 2.27. The normalized spacial score (nSPS) is 30.8. The van der Waals surface area contributed by atoms with E-state index in [2.05, 4.69) is 6.58 Å². The maximum absolute atomic E-state index is 9.68. The molecule has 1 aromatic rings. The van der Waals surface area contributed by atoms with Gasteiger partial charge in [-0.2, -0.15) is 0 Å². The van der Waals surface area contributed by atoms with Crippen molar-refractivity contribution in [1.82, 2.24) is 0 Å². The predicted octanol–water partition coefficient (Wildman–Crippen LogP) is 1.01. The van der Waals surface area contributed by atoms with Crippen LogP contribution >= 0.6 is 0 Å². The van der Waals surface area contributed by atoms with Gasteiger partial charge in [0.1, 0.15) is 18.3 Å². The lowest BCUT2D eigenvalue weighted by Crippen LogP contribution is -2.46. The number of aliphatic hydroxyl groups excluding tert-OH is 2. The SMILES string of the molecule is C=C[C@H](O)[C@H]1OC(c2ccccc2)OC[C@H]1O. The standard InChI is InChI=1S/C13H16O4/c1-2-10(14)12-11(15)8-16-13(17-12)9-6-4-3-5-7-9/h2-7,10-15H,1,8H2/t10-,11+,12+,13?/m0/s1. The highest BCUT2D eigenvalue weighted by molar-refractivity contribution is 5.16. The number of hydrogen-bond donors (Lipinski definition) is 2. The molecule has 4 nitrogen and oxygen atoms in total. The molecule has 1 heterocycles. The van der Waals surface area contributed by atoms with Crippen LogP contribution in [0.1, 0.15) is 11.9 Å². The third kappa shape index (κ3) is 2.73. The average Bonchev–Trinajstić information content (AvgIpc) is 2.39. The lowest BCUT2D eigenvalue weighted by molar-refractivity contribution is -0.270. The molecule has 1 unspecified atom stereocenters. The summed E-state index contributed by atoms with van der Waals surface area (Å²) in [6.45, 7) is 3.62. The predicted molar refractivity (Wildman–Crippen MR) is 62.2 cm³/mol. The minimum Gasteiger partial charge on any atom is -0.388 e. The molecule has 1 aliphatic rings. The van der Waals surface area contributed by atoms with Gasteiger partial charge in [-0.3, -0.25) is 0 Å². The van der Waals surface area contributed by atoms with Crippen LogP contribution in [0.25, 0.3) is 0 Å². The fraction of sp³-hybridized carbons (Fsp3) is 0.385. The van der Waals surface area contributed by atoms with E-state index in [0.717, 1.165) is 5.56 Å². The molecule has 0 radical (unpaired) electrons. The maximum Gasteiger partial charge on any atom is 0.184 e.